The van der Waals surface area contributed by atoms with Crippen LogP contribution in [0.4, 0.5) is 4.79 Å². The van der Waals surface area contributed by atoms with Gasteiger partial charge in [-0.05, 0) is 34.1 Å². The maximum absolute atomic E-state index is 12.0. The molecule has 1 saturated heterocycles. The first-order chi connectivity index (χ1) is 9.74. The summed E-state index contributed by atoms with van der Waals surface area (Å²) in [5, 5.41) is 1.41. The highest BCUT2D eigenvalue weighted by Gasteiger charge is 2.30. The van der Waals surface area contributed by atoms with Crippen LogP contribution in [0.1, 0.15) is 32.8 Å². The highest BCUT2D eigenvalue weighted by molar-refractivity contribution is 7.99. The average Bonchev–Trinajstić information content (AvgIpc) is 2.80. The first-order valence-electron chi connectivity index (χ1n) is 6.88. The van der Waals surface area contributed by atoms with Crippen molar-refractivity contribution < 1.29 is 9.53 Å². The lowest BCUT2D eigenvalue weighted by Gasteiger charge is -2.24. The Morgan fingerprint density at radius 2 is 2.24 bits per heavy atom. The smallest absolute Gasteiger partial charge is 0.410 e. The van der Waals surface area contributed by atoms with Crippen LogP contribution in [-0.4, -0.2) is 44.9 Å². The van der Waals surface area contributed by atoms with Gasteiger partial charge < -0.3 is 9.64 Å². The van der Waals surface area contributed by atoms with Gasteiger partial charge in [0.1, 0.15) is 10.8 Å². The fourth-order valence-corrected chi connectivity index (χ4v) is 3.14. The number of aromatic nitrogens is 2. The third-order valence-corrected chi connectivity index (χ3v) is 4.46. The molecular formula is C14H20ClN3O2S. The van der Waals surface area contributed by atoms with Gasteiger partial charge in [-0.1, -0.05) is 23.4 Å². The van der Waals surface area contributed by atoms with Crippen molar-refractivity contribution in [3.63, 3.8) is 0 Å². The fraction of sp³-hybridized carbons (Fsp3) is 0.643. The topological polar surface area (TPSA) is 55.3 Å². The van der Waals surface area contributed by atoms with Crippen LogP contribution in [-0.2, 0) is 4.74 Å². The summed E-state index contributed by atoms with van der Waals surface area (Å²) in [6.07, 6.45) is 2.37. The number of nitrogens with zero attached hydrogens (tertiary/aromatic N) is 3. The van der Waals surface area contributed by atoms with Gasteiger partial charge in [0.05, 0.1) is 0 Å². The first kappa shape index (κ1) is 16.4. The summed E-state index contributed by atoms with van der Waals surface area (Å²) in [5.74, 6) is 0. The summed E-state index contributed by atoms with van der Waals surface area (Å²) in [5.41, 5.74) is 0.401. The Bertz CT molecular complexity index is 533. The molecule has 0 spiro atoms. The Hall–Kier alpha value is -1.01. The molecule has 0 bridgehead atoms. The number of amides is 1. The second-order valence-electron chi connectivity index (χ2n) is 6.08. The zero-order valence-electron chi connectivity index (χ0n) is 12.7. The molecule has 0 aliphatic carbocycles. The zero-order chi connectivity index (χ0) is 15.6. The summed E-state index contributed by atoms with van der Waals surface area (Å²) in [7, 11) is 0. The van der Waals surface area contributed by atoms with Crippen molar-refractivity contribution >= 4 is 29.5 Å². The third-order valence-electron chi connectivity index (χ3n) is 2.96. The van der Waals surface area contributed by atoms with Crippen LogP contribution in [0.3, 0.4) is 0 Å². The molecule has 2 rings (SSSR count). The van der Waals surface area contributed by atoms with Gasteiger partial charge in [-0.15, -0.1) is 0 Å². The van der Waals surface area contributed by atoms with Gasteiger partial charge in [-0.25, -0.2) is 14.8 Å². The highest BCUT2D eigenvalue weighted by Crippen LogP contribution is 2.29. The lowest BCUT2D eigenvalue weighted by Crippen LogP contribution is -2.35. The van der Waals surface area contributed by atoms with Crippen LogP contribution in [0.15, 0.2) is 11.4 Å². The number of thioether (sulfide) groups is 1. The number of hydrogen-bond acceptors (Lipinski definition) is 5. The van der Waals surface area contributed by atoms with Crippen molar-refractivity contribution in [2.45, 2.75) is 50.1 Å². The lowest BCUT2D eigenvalue weighted by molar-refractivity contribution is 0.0295. The Labute approximate surface area is 134 Å². The number of rotatable bonds is 2. The predicted octanol–water partition coefficient (Wildman–Crippen LogP) is 3.54. The number of halogens is 1. The molecule has 1 aliphatic rings. The van der Waals surface area contributed by atoms with Gasteiger partial charge >= 0.3 is 6.09 Å². The molecule has 116 valence electrons. The summed E-state index contributed by atoms with van der Waals surface area (Å²) in [6, 6.07) is 0. The number of aryl methyl sites for hydroxylation is 1. The summed E-state index contributed by atoms with van der Waals surface area (Å²) in [4.78, 5) is 22.2. The molecule has 5 nitrogen and oxygen atoms in total. The number of likely N-dealkylation sites (tertiary alicyclic amines) is 1. The van der Waals surface area contributed by atoms with Gasteiger partial charge in [0.2, 0.25) is 0 Å². The lowest BCUT2D eigenvalue weighted by atomic mass is 10.2. The highest BCUT2D eigenvalue weighted by atomic mass is 35.5. The second-order valence-corrected chi connectivity index (χ2v) is 7.71. The van der Waals surface area contributed by atoms with E-state index in [1.54, 1.807) is 22.9 Å². The largest absolute Gasteiger partial charge is 0.444 e. The van der Waals surface area contributed by atoms with Gasteiger partial charge in [-0.3, -0.25) is 0 Å². The first-order valence-corrected chi connectivity index (χ1v) is 8.14. The van der Waals surface area contributed by atoms with Crippen LogP contribution >= 0.6 is 23.4 Å². The molecule has 0 aromatic carbocycles. The Kier molecular flexibility index (Phi) is 4.99. The SMILES string of the molecule is Cc1cnc(SC2CCN(C(=O)OC(C)(C)C)C2)nc1Cl. The molecule has 2 heterocycles. The van der Waals surface area contributed by atoms with Gasteiger partial charge in [-0.2, -0.15) is 0 Å². The standard InChI is InChI=1S/C14H20ClN3O2S/c1-9-7-16-12(17-11(9)15)21-10-5-6-18(8-10)13(19)20-14(2,3)4/h7,10H,5-6,8H2,1-4H3. The van der Waals surface area contributed by atoms with E-state index in [2.05, 4.69) is 9.97 Å². The molecule has 21 heavy (non-hydrogen) atoms. The number of hydrogen-bond donors (Lipinski definition) is 0. The molecular weight excluding hydrogens is 310 g/mol. The van der Waals surface area contributed by atoms with E-state index in [0.717, 1.165) is 12.0 Å². The maximum Gasteiger partial charge on any atom is 0.410 e. The second kappa shape index (κ2) is 6.40. The van der Waals surface area contributed by atoms with Crippen molar-refractivity contribution in [3.05, 3.63) is 16.9 Å². The molecule has 1 atom stereocenters. The molecule has 1 aromatic heterocycles. The molecule has 1 amide bonds. The predicted molar refractivity (Wildman–Crippen MR) is 83.8 cm³/mol. The Balaban J connectivity index is 1.90. The van der Waals surface area contributed by atoms with Crippen LogP contribution < -0.4 is 0 Å². The minimum absolute atomic E-state index is 0.256. The van der Waals surface area contributed by atoms with Crippen LogP contribution in [0.2, 0.25) is 5.15 Å². The van der Waals surface area contributed by atoms with E-state index in [1.807, 2.05) is 27.7 Å². The van der Waals surface area contributed by atoms with Crippen molar-refractivity contribution in [1.29, 1.82) is 0 Å². The van der Waals surface area contributed by atoms with E-state index in [-0.39, 0.29) is 11.3 Å². The summed E-state index contributed by atoms with van der Waals surface area (Å²) in [6.45, 7) is 8.83. The van der Waals surface area contributed by atoms with E-state index in [0.29, 0.717) is 23.4 Å². The molecule has 0 N–H and O–H groups in total. The van der Waals surface area contributed by atoms with Crippen molar-refractivity contribution in [2.75, 3.05) is 13.1 Å². The number of ether oxygens (including phenoxy) is 1. The maximum atomic E-state index is 12.0. The van der Waals surface area contributed by atoms with E-state index in [4.69, 9.17) is 16.3 Å². The fourth-order valence-electron chi connectivity index (χ4n) is 1.93. The molecule has 0 saturated carbocycles. The minimum Gasteiger partial charge on any atom is -0.444 e. The average molecular weight is 330 g/mol. The Morgan fingerprint density at radius 3 is 2.86 bits per heavy atom. The van der Waals surface area contributed by atoms with Crippen LogP contribution in [0, 0.1) is 6.92 Å². The van der Waals surface area contributed by atoms with Crippen molar-refractivity contribution in [1.82, 2.24) is 14.9 Å². The van der Waals surface area contributed by atoms with E-state index in [9.17, 15) is 4.79 Å². The Morgan fingerprint density at radius 1 is 1.52 bits per heavy atom. The molecule has 1 aromatic rings. The third kappa shape index (κ3) is 4.74. The molecule has 1 aliphatic heterocycles. The molecule has 0 radical (unpaired) electrons. The van der Waals surface area contributed by atoms with Gasteiger partial charge in [0, 0.05) is 30.1 Å². The monoisotopic (exact) mass is 329 g/mol. The molecule has 7 heteroatoms. The number of carbonyl (C=O) groups excluding carboxylic acids is 1. The number of carbonyl (C=O) groups is 1. The van der Waals surface area contributed by atoms with Crippen molar-refractivity contribution in [2.24, 2.45) is 0 Å². The van der Waals surface area contributed by atoms with Crippen LogP contribution in [0.5, 0.6) is 0 Å². The summed E-state index contributed by atoms with van der Waals surface area (Å²) >= 11 is 7.56. The summed E-state index contributed by atoms with van der Waals surface area (Å²) < 4.78 is 5.38. The molecule has 1 unspecified atom stereocenters. The zero-order valence-corrected chi connectivity index (χ0v) is 14.3. The normalized spacial score (nSPS) is 18.9. The van der Waals surface area contributed by atoms with E-state index in [1.165, 1.54) is 0 Å². The van der Waals surface area contributed by atoms with E-state index < -0.39 is 5.60 Å². The van der Waals surface area contributed by atoms with Crippen molar-refractivity contribution in [3.8, 4) is 0 Å². The van der Waals surface area contributed by atoms with Gasteiger partial charge in [0.15, 0.2) is 5.16 Å². The van der Waals surface area contributed by atoms with Crippen LogP contribution in [0.25, 0.3) is 0 Å². The minimum atomic E-state index is -0.462. The van der Waals surface area contributed by atoms with E-state index >= 15 is 0 Å². The van der Waals surface area contributed by atoms with Gasteiger partial charge in [0.25, 0.3) is 0 Å². The quantitative estimate of drug-likeness (QED) is 0.613. The molecule has 1 fully saturated rings.